The molecule has 1 amide bonds. The molecule has 1 saturated carbocycles. The summed E-state index contributed by atoms with van der Waals surface area (Å²) >= 11 is 0. The van der Waals surface area contributed by atoms with Gasteiger partial charge in [0, 0.05) is 18.7 Å². The highest BCUT2D eigenvalue weighted by molar-refractivity contribution is 5.95. The third-order valence-electron chi connectivity index (χ3n) is 2.72. The zero-order chi connectivity index (χ0) is 10.8. The van der Waals surface area contributed by atoms with E-state index in [1.54, 1.807) is 12.0 Å². The first kappa shape index (κ1) is 10.0. The molecule has 0 N–H and O–H groups in total. The molecule has 0 aliphatic heterocycles. The fourth-order valence-corrected chi connectivity index (χ4v) is 1.54. The summed E-state index contributed by atoms with van der Waals surface area (Å²) in [6, 6.07) is 7.54. The third kappa shape index (κ3) is 2.12. The zero-order valence-corrected chi connectivity index (χ0v) is 9.06. The monoisotopic (exact) mass is 205 g/mol. The van der Waals surface area contributed by atoms with E-state index >= 15 is 0 Å². The van der Waals surface area contributed by atoms with Crippen LogP contribution in [0.3, 0.4) is 0 Å². The Balaban J connectivity index is 2.10. The number of anilines is 1. The largest absolute Gasteiger partial charge is 0.497 e. The van der Waals surface area contributed by atoms with Gasteiger partial charge in [-0.1, -0.05) is 0 Å². The van der Waals surface area contributed by atoms with Gasteiger partial charge < -0.3 is 9.64 Å². The average Bonchev–Trinajstić information content (AvgIpc) is 3.11. The highest BCUT2D eigenvalue weighted by Crippen LogP contribution is 2.32. The minimum absolute atomic E-state index is 0.222. The molecule has 1 aromatic carbocycles. The molecule has 3 nitrogen and oxygen atoms in total. The second-order valence-electron chi connectivity index (χ2n) is 3.87. The SMILES string of the molecule is COc1ccc(N(C)C(=O)C2CC2)cc1. The molecule has 0 bridgehead atoms. The first-order chi connectivity index (χ1) is 7.22. The van der Waals surface area contributed by atoms with Crippen molar-refractivity contribution in [2.24, 2.45) is 5.92 Å². The van der Waals surface area contributed by atoms with Crippen LogP contribution < -0.4 is 9.64 Å². The van der Waals surface area contributed by atoms with Crippen molar-refractivity contribution in [2.45, 2.75) is 12.8 Å². The molecule has 0 saturated heterocycles. The second kappa shape index (κ2) is 3.93. The maximum atomic E-state index is 11.8. The standard InChI is InChI=1S/C12H15NO2/c1-13(12(14)9-3-4-9)10-5-7-11(15-2)8-6-10/h5-9H,3-4H2,1-2H3. The van der Waals surface area contributed by atoms with Crippen LogP contribution in [-0.2, 0) is 4.79 Å². The first-order valence-electron chi connectivity index (χ1n) is 5.14. The van der Waals surface area contributed by atoms with Gasteiger partial charge in [0.05, 0.1) is 7.11 Å². The van der Waals surface area contributed by atoms with Crippen LogP contribution in [0.5, 0.6) is 5.75 Å². The van der Waals surface area contributed by atoms with Gasteiger partial charge in [-0.25, -0.2) is 0 Å². The quantitative estimate of drug-likeness (QED) is 0.756. The molecule has 2 rings (SSSR count). The van der Waals surface area contributed by atoms with Crippen LogP contribution in [0, 0.1) is 5.92 Å². The van der Waals surface area contributed by atoms with Crippen molar-refractivity contribution in [3.8, 4) is 5.75 Å². The van der Waals surface area contributed by atoms with Gasteiger partial charge in [-0.3, -0.25) is 4.79 Å². The van der Waals surface area contributed by atoms with Gasteiger partial charge in [0.2, 0.25) is 5.91 Å². The van der Waals surface area contributed by atoms with Crippen molar-refractivity contribution in [2.75, 3.05) is 19.1 Å². The molecule has 1 aliphatic carbocycles. The summed E-state index contributed by atoms with van der Waals surface area (Å²) in [6.07, 6.45) is 2.08. The molecule has 0 heterocycles. The second-order valence-corrected chi connectivity index (χ2v) is 3.87. The molecule has 0 aromatic heterocycles. The number of benzene rings is 1. The molecule has 80 valence electrons. The summed E-state index contributed by atoms with van der Waals surface area (Å²) in [4.78, 5) is 13.5. The van der Waals surface area contributed by atoms with E-state index in [4.69, 9.17) is 4.74 Å². The molecule has 0 atom stereocenters. The number of hydrogen-bond donors (Lipinski definition) is 0. The van der Waals surface area contributed by atoms with Gasteiger partial charge in [-0.05, 0) is 37.1 Å². The van der Waals surface area contributed by atoms with Crippen molar-refractivity contribution in [3.63, 3.8) is 0 Å². The first-order valence-corrected chi connectivity index (χ1v) is 5.14. The Labute approximate surface area is 89.7 Å². The summed E-state index contributed by atoms with van der Waals surface area (Å²) in [7, 11) is 3.45. The van der Waals surface area contributed by atoms with E-state index in [9.17, 15) is 4.79 Å². The normalized spacial score (nSPS) is 14.8. The van der Waals surface area contributed by atoms with Gasteiger partial charge in [0.15, 0.2) is 0 Å². The average molecular weight is 205 g/mol. The molecule has 0 spiro atoms. The van der Waals surface area contributed by atoms with Gasteiger partial charge in [0.25, 0.3) is 0 Å². The Morgan fingerprint density at radius 2 is 1.93 bits per heavy atom. The van der Waals surface area contributed by atoms with Crippen molar-refractivity contribution >= 4 is 11.6 Å². The molecule has 1 aromatic rings. The topological polar surface area (TPSA) is 29.5 Å². The maximum absolute atomic E-state index is 11.8. The summed E-state index contributed by atoms with van der Waals surface area (Å²) < 4.78 is 5.07. The predicted molar refractivity (Wildman–Crippen MR) is 59.1 cm³/mol. The molecule has 0 radical (unpaired) electrons. The number of rotatable bonds is 3. The van der Waals surface area contributed by atoms with E-state index in [1.807, 2.05) is 31.3 Å². The zero-order valence-electron chi connectivity index (χ0n) is 9.06. The van der Waals surface area contributed by atoms with Crippen LogP contribution in [0.1, 0.15) is 12.8 Å². The Kier molecular flexibility index (Phi) is 2.62. The molecule has 0 unspecified atom stereocenters. The van der Waals surface area contributed by atoms with Crippen LogP contribution in [-0.4, -0.2) is 20.1 Å². The Bertz CT molecular complexity index is 354. The van der Waals surface area contributed by atoms with Crippen molar-refractivity contribution in [3.05, 3.63) is 24.3 Å². The Morgan fingerprint density at radius 1 is 1.33 bits per heavy atom. The van der Waals surface area contributed by atoms with Gasteiger partial charge in [-0.2, -0.15) is 0 Å². The highest BCUT2D eigenvalue weighted by atomic mass is 16.5. The molecule has 1 aliphatic rings. The van der Waals surface area contributed by atoms with E-state index in [0.29, 0.717) is 0 Å². The number of nitrogens with zero attached hydrogens (tertiary/aromatic N) is 1. The molecule has 3 heteroatoms. The fraction of sp³-hybridized carbons (Fsp3) is 0.417. The van der Waals surface area contributed by atoms with Crippen LogP contribution in [0.2, 0.25) is 0 Å². The lowest BCUT2D eigenvalue weighted by Gasteiger charge is -2.17. The number of methoxy groups -OCH3 is 1. The maximum Gasteiger partial charge on any atom is 0.229 e. The summed E-state index contributed by atoms with van der Waals surface area (Å²) in [6.45, 7) is 0. The van der Waals surface area contributed by atoms with E-state index < -0.39 is 0 Å². The third-order valence-corrected chi connectivity index (χ3v) is 2.72. The number of carbonyl (C=O) groups is 1. The van der Waals surface area contributed by atoms with Gasteiger partial charge in [0.1, 0.15) is 5.75 Å². The van der Waals surface area contributed by atoms with E-state index in [2.05, 4.69) is 0 Å². The highest BCUT2D eigenvalue weighted by Gasteiger charge is 2.32. The van der Waals surface area contributed by atoms with E-state index in [1.165, 1.54) is 0 Å². The molecular formula is C12H15NO2. The number of amides is 1. The molecular weight excluding hydrogens is 190 g/mol. The summed E-state index contributed by atoms with van der Waals surface area (Å²) in [5.74, 6) is 1.29. The molecule has 1 fully saturated rings. The smallest absolute Gasteiger partial charge is 0.229 e. The lowest BCUT2D eigenvalue weighted by atomic mass is 10.2. The fourth-order valence-electron chi connectivity index (χ4n) is 1.54. The minimum atomic E-state index is 0.222. The number of carbonyl (C=O) groups excluding carboxylic acids is 1. The predicted octanol–water partition coefficient (Wildman–Crippen LogP) is 2.07. The van der Waals surface area contributed by atoms with Crippen LogP contribution >= 0.6 is 0 Å². The van der Waals surface area contributed by atoms with Gasteiger partial charge >= 0.3 is 0 Å². The lowest BCUT2D eigenvalue weighted by molar-refractivity contribution is -0.119. The van der Waals surface area contributed by atoms with E-state index in [0.717, 1.165) is 24.3 Å². The van der Waals surface area contributed by atoms with Crippen LogP contribution in [0.4, 0.5) is 5.69 Å². The van der Waals surface area contributed by atoms with E-state index in [-0.39, 0.29) is 11.8 Å². The van der Waals surface area contributed by atoms with Crippen LogP contribution in [0.25, 0.3) is 0 Å². The summed E-state index contributed by atoms with van der Waals surface area (Å²) in [5.41, 5.74) is 0.924. The van der Waals surface area contributed by atoms with Crippen molar-refractivity contribution < 1.29 is 9.53 Å². The van der Waals surface area contributed by atoms with Crippen LogP contribution in [0.15, 0.2) is 24.3 Å². The van der Waals surface area contributed by atoms with Crippen molar-refractivity contribution in [1.29, 1.82) is 0 Å². The lowest BCUT2D eigenvalue weighted by Crippen LogP contribution is -2.27. The Hall–Kier alpha value is -1.51. The van der Waals surface area contributed by atoms with Gasteiger partial charge in [-0.15, -0.1) is 0 Å². The minimum Gasteiger partial charge on any atom is -0.497 e. The molecule has 15 heavy (non-hydrogen) atoms. The Morgan fingerprint density at radius 3 is 2.40 bits per heavy atom. The van der Waals surface area contributed by atoms with Crippen molar-refractivity contribution in [1.82, 2.24) is 0 Å². The number of hydrogen-bond acceptors (Lipinski definition) is 2. The summed E-state index contributed by atoms with van der Waals surface area (Å²) in [5, 5.41) is 0. The number of ether oxygens (including phenoxy) is 1.